The molecule has 0 radical (unpaired) electrons. The molecule has 22 heavy (non-hydrogen) atoms. The van der Waals surface area contributed by atoms with Gasteiger partial charge in [0.2, 0.25) is 5.91 Å². The Balaban J connectivity index is 2.09. The second-order valence-electron chi connectivity index (χ2n) is 5.12. The Labute approximate surface area is 137 Å². The van der Waals surface area contributed by atoms with Gasteiger partial charge in [-0.25, -0.2) is 0 Å². The predicted octanol–water partition coefficient (Wildman–Crippen LogP) is 4.31. The minimum atomic E-state index is -0.325. The molecular formula is C17H15ClN2OS. The first-order chi connectivity index (χ1) is 10.5. The van der Waals surface area contributed by atoms with Crippen molar-refractivity contribution in [3.8, 4) is 0 Å². The van der Waals surface area contributed by atoms with Gasteiger partial charge in [-0.2, -0.15) is 0 Å². The standard InChI is InChI=1S/C17H15ClN2OS/c1-10-17(22-13-7-5-12(18)6-8-13)16-11(9-15(19)21)3-2-4-14(16)20-10/h2-8,20H,9H2,1H3,(H2,19,21). The molecule has 5 heteroatoms. The molecule has 1 aromatic heterocycles. The number of aryl methyl sites for hydroxylation is 1. The van der Waals surface area contributed by atoms with E-state index in [9.17, 15) is 4.79 Å². The number of nitrogens with two attached hydrogens (primary N) is 1. The fourth-order valence-corrected chi connectivity index (χ4v) is 3.68. The number of hydrogen-bond acceptors (Lipinski definition) is 2. The van der Waals surface area contributed by atoms with E-state index in [4.69, 9.17) is 17.3 Å². The number of H-pyrrole nitrogens is 1. The topological polar surface area (TPSA) is 58.9 Å². The van der Waals surface area contributed by atoms with Crippen LogP contribution in [0.4, 0.5) is 0 Å². The molecule has 3 N–H and O–H groups in total. The zero-order chi connectivity index (χ0) is 15.7. The molecule has 0 spiro atoms. The van der Waals surface area contributed by atoms with Gasteiger partial charge in [0.25, 0.3) is 0 Å². The number of primary amides is 1. The fourth-order valence-electron chi connectivity index (χ4n) is 2.50. The summed E-state index contributed by atoms with van der Waals surface area (Å²) in [6.45, 7) is 2.03. The molecule has 2 aromatic carbocycles. The Morgan fingerprint density at radius 1 is 1.23 bits per heavy atom. The number of hydrogen-bond donors (Lipinski definition) is 2. The molecule has 1 amide bonds. The van der Waals surface area contributed by atoms with E-state index in [1.54, 1.807) is 11.8 Å². The maximum Gasteiger partial charge on any atom is 0.221 e. The number of halogens is 1. The molecule has 0 bridgehead atoms. The van der Waals surface area contributed by atoms with Gasteiger partial charge in [-0.1, -0.05) is 35.5 Å². The quantitative estimate of drug-likeness (QED) is 0.749. The fraction of sp³-hybridized carbons (Fsp3) is 0.118. The van der Waals surface area contributed by atoms with Gasteiger partial charge in [-0.05, 0) is 42.8 Å². The van der Waals surface area contributed by atoms with E-state index in [-0.39, 0.29) is 12.3 Å². The van der Waals surface area contributed by atoms with Gasteiger partial charge in [0.15, 0.2) is 0 Å². The van der Waals surface area contributed by atoms with Crippen molar-refractivity contribution >= 4 is 40.2 Å². The van der Waals surface area contributed by atoms with Crippen LogP contribution in [-0.4, -0.2) is 10.9 Å². The molecule has 0 atom stereocenters. The van der Waals surface area contributed by atoms with Crippen LogP contribution in [0.15, 0.2) is 52.3 Å². The van der Waals surface area contributed by atoms with Crippen LogP contribution in [0.2, 0.25) is 5.02 Å². The Morgan fingerprint density at radius 3 is 2.64 bits per heavy atom. The Bertz CT molecular complexity index is 840. The van der Waals surface area contributed by atoms with Gasteiger partial charge in [-0.3, -0.25) is 4.79 Å². The first kappa shape index (κ1) is 15.0. The summed E-state index contributed by atoms with van der Waals surface area (Å²) in [7, 11) is 0. The summed E-state index contributed by atoms with van der Waals surface area (Å²) in [5.74, 6) is -0.325. The average molecular weight is 331 g/mol. The van der Waals surface area contributed by atoms with E-state index in [0.29, 0.717) is 0 Å². The number of benzene rings is 2. The van der Waals surface area contributed by atoms with Gasteiger partial charge in [0.05, 0.1) is 6.42 Å². The zero-order valence-electron chi connectivity index (χ0n) is 12.0. The molecule has 0 saturated heterocycles. The minimum Gasteiger partial charge on any atom is -0.369 e. The highest BCUT2D eigenvalue weighted by molar-refractivity contribution is 7.99. The van der Waals surface area contributed by atoms with E-state index in [1.165, 1.54) is 0 Å². The molecule has 0 aliphatic rings. The van der Waals surface area contributed by atoms with Crippen LogP contribution in [0.3, 0.4) is 0 Å². The van der Waals surface area contributed by atoms with E-state index in [1.807, 2.05) is 49.4 Å². The lowest BCUT2D eigenvalue weighted by molar-refractivity contribution is -0.117. The molecule has 0 unspecified atom stereocenters. The molecule has 1 heterocycles. The van der Waals surface area contributed by atoms with Crippen molar-refractivity contribution in [3.63, 3.8) is 0 Å². The number of carbonyl (C=O) groups is 1. The van der Waals surface area contributed by atoms with Crippen LogP contribution in [0, 0.1) is 6.92 Å². The average Bonchev–Trinajstić information content (AvgIpc) is 2.78. The van der Waals surface area contributed by atoms with E-state index < -0.39 is 0 Å². The van der Waals surface area contributed by atoms with Crippen LogP contribution < -0.4 is 5.73 Å². The summed E-state index contributed by atoms with van der Waals surface area (Å²) >= 11 is 7.59. The summed E-state index contributed by atoms with van der Waals surface area (Å²) in [5.41, 5.74) is 8.42. The highest BCUT2D eigenvalue weighted by Gasteiger charge is 2.14. The first-order valence-corrected chi connectivity index (χ1v) is 8.06. The summed E-state index contributed by atoms with van der Waals surface area (Å²) < 4.78 is 0. The van der Waals surface area contributed by atoms with E-state index in [0.717, 1.165) is 37.0 Å². The largest absolute Gasteiger partial charge is 0.369 e. The summed E-state index contributed by atoms with van der Waals surface area (Å²) in [4.78, 5) is 16.9. The van der Waals surface area contributed by atoms with Crippen LogP contribution >= 0.6 is 23.4 Å². The molecule has 0 aliphatic heterocycles. The molecule has 3 nitrogen and oxygen atoms in total. The predicted molar refractivity (Wildman–Crippen MR) is 91.5 cm³/mol. The number of nitrogens with one attached hydrogen (secondary N) is 1. The summed E-state index contributed by atoms with van der Waals surface area (Å²) in [6.07, 6.45) is 0.239. The number of rotatable bonds is 4. The molecule has 0 saturated carbocycles. The monoisotopic (exact) mass is 330 g/mol. The summed E-state index contributed by atoms with van der Waals surface area (Å²) in [5, 5.41) is 1.79. The summed E-state index contributed by atoms with van der Waals surface area (Å²) in [6, 6.07) is 13.6. The second-order valence-corrected chi connectivity index (χ2v) is 6.64. The van der Waals surface area contributed by atoms with Crippen LogP contribution in [-0.2, 0) is 11.2 Å². The van der Waals surface area contributed by atoms with Crippen LogP contribution in [0.1, 0.15) is 11.3 Å². The molecule has 0 fully saturated rings. The van der Waals surface area contributed by atoms with Crippen LogP contribution in [0.25, 0.3) is 10.9 Å². The smallest absolute Gasteiger partial charge is 0.221 e. The number of aromatic nitrogens is 1. The van der Waals surface area contributed by atoms with Gasteiger partial charge in [0, 0.05) is 31.4 Å². The highest BCUT2D eigenvalue weighted by atomic mass is 35.5. The van der Waals surface area contributed by atoms with E-state index in [2.05, 4.69) is 4.98 Å². The minimum absolute atomic E-state index is 0.239. The molecule has 112 valence electrons. The lowest BCUT2D eigenvalue weighted by atomic mass is 10.1. The van der Waals surface area contributed by atoms with Crippen LogP contribution in [0.5, 0.6) is 0 Å². The first-order valence-electron chi connectivity index (χ1n) is 6.86. The van der Waals surface area contributed by atoms with E-state index >= 15 is 0 Å². The normalized spacial score (nSPS) is 11.0. The molecule has 3 aromatic rings. The lowest BCUT2D eigenvalue weighted by Crippen LogP contribution is -2.13. The number of amides is 1. The molecular weight excluding hydrogens is 316 g/mol. The highest BCUT2D eigenvalue weighted by Crippen LogP contribution is 2.38. The number of carbonyl (C=O) groups excluding carboxylic acids is 1. The second kappa shape index (κ2) is 6.07. The van der Waals surface area contributed by atoms with Crippen molar-refractivity contribution in [3.05, 3.63) is 58.7 Å². The Hall–Kier alpha value is -1.91. The third kappa shape index (κ3) is 2.98. The third-order valence-electron chi connectivity index (χ3n) is 3.44. The maximum atomic E-state index is 11.3. The Morgan fingerprint density at radius 2 is 1.95 bits per heavy atom. The van der Waals surface area contributed by atoms with Gasteiger partial charge in [-0.15, -0.1) is 0 Å². The van der Waals surface area contributed by atoms with Crippen molar-refractivity contribution < 1.29 is 4.79 Å². The van der Waals surface area contributed by atoms with Gasteiger partial charge < -0.3 is 10.7 Å². The molecule has 0 aliphatic carbocycles. The maximum absolute atomic E-state index is 11.3. The van der Waals surface area contributed by atoms with Crippen molar-refractivity contribution in [2.75, 3.05) is 0 Å². The molecule has 3 rings (SSSR count). The van der Waals surface area contributed by atoms with Crippen molar-refractivity contribution in [1.29, 1.82) is 0 Å². The van der Waals surface area contributed by atoms with Gasteiger partial charge in [0.1, 0.15) is 0 Å². The number of fused-ring (bicyclic) bond motifs is 1. The third-order valence-corrected chi connectivity index (χ3v) is 4.91. The van der Waals surface area contributed by atoms with Gasteiger partial charge >= 0.3 is 0 Å². The SMILES string of the molecule is Cc1[nH]c2cccc(CC(N)=O)c2c1Sc1ccc(Cl)cc1. The number of aromatic amines is 1. The van der Waals surface area contributed by atoms with Crippen molar-refractivity contribution in [2.24, 2.45) is 5.73 Å². The Kier molecular flexibility index (Phi) is 4.14. The van der Waals surface area contributed by atoms with Crippen molar-refractivity contribution in [2.45, 2.75) is 23.1 Å². The lowest BCUT2D eigenvalue weighted by Gasteiger charge is -2.06. The van der Waals surface area contributed by atoms with Crippen molar-refractivity contribution in [1.82, 2.24) is 4.98 Å². The zero-order valence-corrected chi connectivity index (χ0v) is 13.6.